The minimum atomic E-state index is -0.571. The van der Waals surface area contributed by atoms with Crippen LogP contribution in [0.5, 0.6) is 0 Å². The van der Waals surface area contributed by atoms with E-state index in [-0.39, 0.29) is 19.0 Å². The Morgan fingerprint density at radius 2 is 1.89 bits per heavy atom. The summed E-state index contributed by atoms with van der Waals surface area (Å²) in [5, 5.41) is 4.99. The third-order valence-electron chi connectivity index (χ3n) is 4.16. The van der Waals surface area contributed by atoms with Gasteiger partial charge < -0.3 is 9.73 Å². The SMILES string of the molecule is O=C(Cn1c(=O)n(Cc2ccco2)c(=O)c2sccc21)Nc1ccc(Cl)cc1. The lowest BCUT2D eigenvalue weighted by atomic mass is 10.3. The van der Waals surface area contributed by atoms with Gasteiger partial charge in [0.05, 0.1) is 18.3 Å². The van der Waals surface area contributed by atoms with Gasteiger partial charge in [0.25, 0.3) is 5.56 Å². The highest BCUT2D eigenvalue weighted by molar-refractivity contribution is 7.17. The van der Waals surface area contributed by atoms with Crippen LogP contribution in [0.25, 0.3) is 10.2 Å². The van der Waals surface area contributed by atoms with E-state index in [1.807, 2.05) is 0 Å². The monoisotopic (exact) mass is 415 g/mol. The Hall–Kier alpha value is -3.10. The summed E-state index contributed by atoms with van der Waals surface area (Å²) >= 11 is 7.07. The molecule has 9 heteroatoms. The van der Waals surface area contributed by atoms with E-state index >= 15 is 0 Å². The van der Waals surface area contributed by atoms with E-state index in [1.165, 1.54) is 22.2 Å². The number of carbonyl (C=O) groups is 1. The molecule has 3 aromatic heterocycles. The van der Waals surface area contributed by atoms with E-state index in [0.29, 0.717) is 26.7 Å². The van der Waals surface area contributed by atoms with Gasteiger partial charge in [-0.3, -0.25) is 18.7 Å². The molecular formula is C19H14ClN3O4S. The van der Waals surface area contributed by atoms with Gasteiger partial charge in [-0.1, -0.05) is 11.6 Å². The van der Waals surface area contributed by atoms with Gasteiger partial charge >= 0.3 is 5.69 Å². The van der Waals surface area contributed by atoms with Crippen LogP contribution in [0.15, 0.2) is 68.1 Å². The molecule has 0 bridgehead atoms. The summed E-state index contributed by atoms with van der Waals surface area (Å²) < 4.78 is 8.03. The lowest BCUT2D eigenvalue weighted by Crippen LogP contribution is -2.41. The summed E-state index contributed by atoms with van der Waals surface area (Å²) in [7, 11) is 0. The number of hydrogen-bond acceptors (Lipinski definition) is 5. The Morgan fingerprint density at radius 3 is 2.61 bits per heavy atom. The van der Waals surface area contributed by atoms with Crippen molar-refractivity contribution in [3.05, 3.63) is 85.7 Å². The Labute approximate surface area is 167 Å². The molecule has 1 amide bonds. The lowest BCUT2D eigenvalue weighted by Gasteiger charge is -2.12. The first-order valence-electron chi connectivity index (χ1n) is 8.31. The van der Waals surface area contributed by atoms with Gasteiger partial charge in [0.1, 0.15) is 17.0 Å². The van der Waals surface area contributed by atoms with E-state index in [2.05, 4.69) is 5.32 Å². The molecule has 142 valence electrons. The molecule has 28 heavy (non-hydrogen) atoms. The Kier molecular flexibility index (Phi) is 4.89. The van der Waals surface area contributed by atoms with Crippen LogP contribution in [0.2, 0.25) is 5.02 Å². The van der Waals surface area contributed by atoms with E-state index in [4.69, 9.17) is 16.0 Å². The van der Waals surface area contributed by atoms with Crippen LogP contribution in [0.3, 0.4) is 0 Å². The Balaban J connectivity index is 1.70. The number of nitrogens with one attached hydrogen (secondary N) is 1. The van der Waals surface area contributed by atoms with Crippen molar-refractivity contribution >= 4 is 44.7 Å². The normalized spacial score (nSPS) is 11.0. The number of nitrogens with zero attached hydrogens (tertiary/aromatic N) is 2. The van der Waals surface area contributed by atoms with Crippen molar-refractivity contribution in [2.24, 2.45) is 0 Å². The molecule has 0 aliphatic heterocycles. The van der Waals surface area contributed by atoms with Gasteiger partial charge in [-0.2, -0.15) is 0 Å². The van der Waals surface area contributed by atoms with Crippen molar-refractivity contribution in [2.75, 3.05) is 5.32 Å². The predicted molar refractivity (Wildman–Crippen MR) is 108 cm³/mol. The zero-order chi connectivity index (χ0) is 19.7. The number of halogens is 1. The summed E-state index contributed by atoms with van der Waals surface area (Å²) in [5.41, 5.74) is 0.0224. The number of furan rings is 1. The molecule has 0 atom stereocenters. The highest BCUT2D eigenvalue weighted by atomic mass is 35.5. The van der Waals surface area contributed by atoms with Crippen LogP contribution < -0.4 is 16.6 Å². The molecule has 1 aromatic carbocycles. The topological polar surface area (TPSA) is 86.2 Å². The number of carbonyl (C=O) groups excluding carboxylic acids is 1. The molecule has 4 rings (SSSR count). The van der Waals surface area contributed by atoms with Crippen LogP contribution in [0.1, 0.15) is 5.76 Å². The first kappa shape index (κ1) is 18.3. The van der Waals surface area contributed by atoms with Gasteiger partial charge in [-0.15, -0.1) is 11.3 Å². The first-order valence-corrected chi connectivity index (χ1v) is 9.57. The molecule has 3 heterocycles. The minimum Gasteiger partial charge on any atom is -0.467 e. The minimum absolute atomic E-state index is 0.00267. The van der Waals surface area contributed by atoms with Crippen molar-refractivity contribution in [3.63, 3.8) is 0 Å². The smallest absolute Gasteiger partial charge is 0.332 e. The second kappa shape index (κ2) is 7.49. The van der Waals surface area contributed by atoms with Crippen molar-refractivity contribution < 1.29 is 9.21 Å². The van der Waals surface area contributed by atoms with Crippen LogP contribution >= 0.6 is 22.9 Å². The number of hydrogen-bond donors (Lipinski definition) is 1. The maximum Gasteiger partial charge on any atom is 0.332 e. The molecule has 0 saturated heterocycles. The highest BCUT2D eigenvalue weighted by Gasteiger charge is 2.17. The quantitative estimate of drug-likeness (QED) is 0.542. The Morgan fingerprint density at radius 1 is 1.11 bits per heavy atom. The number of amides is 1. The molecule has 1 N–H and O–H groups in total. The lowest BCUT2D eigenvalue weighted by molar-refractivity contribution is -0.116. The van der Waals surface area contributed by atoms with E-state index < -0.39 is 11.2 Å². The molecule has 0 spiro atoms. The first-order chi connectivity index (χ1) is 13.5. The zero-order valence-electron chi connectivity index (χ0n) is 14.4. The maximum atomic E-state index is 13.0. The molecule has 0 fully saturated rings. The summed E-state index contributed by atoms with van der Waals surface area (Å²) in [6, 6.07) is 11.7. The molecule has 7 nitrogen and oxygen atoms in total. The van der Waals surface area contributed by atoms with E-state index in [0.717, 1.165) is 4.57 Å². The number of anilines is 1. The number of aromatic nitrogens is 2. The summed E-state index contributed by atoms with van der Waals surface area (Å²) in [6.07, 6.45) is 1.47. The van der Waals surface area contributed by atoms with Crippen molar-refractivity contribution in [3.8, 4) is 0 Å². The average Bonchev–Trinajstić information content (AvgIpc) is 3.36. The zero-order valence-corrected chi connectivity index (χ0v) is 16.0. The van der Waals surface area contributed by atoms with Gasteiger partial charge in [0.2, 0.25) is 5.91 Å². The van der Waals surface area contributed by atoms with Gasteiger partial charge in [-0.25, -0.2) is 4.79 Å². The summed E-state index contributed by atoms with van der Waals surface area (Å²) in [5.74, 6) is 0.0902. The van der Waals surface area contributed by atoms with Gasteiger partial charge in [0.15, 0.2) is 0 Å². The van der Waals surface area contributed by atoms with E-state index in [1.54, 1.807) is 47.8 Å². The fourth-order valence-electron chi connectivity index (χ4n) is 2.86. The van der Waals surface area contributed by atoms with Crippen LogP contribution in [-0.2, 0) is 17.9 Å². The van der Waals surface area contributed by atoms with Crippen LogP contribution in [-0.4, -0.2) is 15.0 Å². The maximum absolute atomic E-state index is 13.0. The second-order valence-electron chi connectivity index (χ2n) is 6.03. The van der Waals surface area contributed by atoms with Crippen molar-refractivity contribution in [1.82, 2.24) is 9.13 Å². The number of rotatable bonds is 5. The molecule has 4 aromatic rings. The average molecular weight is 416 g/mol. The predicted octanol–water partition coefficient (Wildman–Crippen LogP) is 3.16. The molecule has 0 saturated carbocycles. The fraction of sp³-hybridized carbons (Fsp3) is 0.105. The standard InChI is InChI=1S/C19H14ClN3O4S/c20-12-3-5-13(6-4-12)21-16(24)11-22-15-7-9-28-17(15)18(25)23(19(22)26)10-14-2-1-8-27-14/h1-9H,10-11H2,(H,21,24). The number of thiophene rings is 1. The highest BCUT2D eigenvalue weighted by Crippen LogP contribution is 2.17. The van der Waals surface area contributed by atoms with Crippen LogP contribution in [0, 0.1) is 0 Å². The largest absolute Gasteiger partial charge is 0.467 e. The van der Waals surface area contributed by atoms with Crippen LogP contribution in [0.4, 0.5) is 5.69 Å². The number of benzene rings is 1. The third kappa shape index (κ3) is 3.51. The van der Waals surface area contributed by atoms with Crippen molar-refractivity contribution in [1.29, 1.82) is 0 Å². The molecule has 0 aliphatic carbocycles. The Bertz CT molecular complexity index is 1250. The molecule has 0 radical (unpaired) electrons. The summed E-state index contributed by atoms with van der Waals surface area (Å²) in [4.78, 5) is 38.1. The van der Waals surface area contributed by atoms with Gasteiger partial charge in [0, 0.05) is 10.7 Å². The molecule has 0 unspecified atom stereocenters. The third-order valence-corrected chi connectivity index (χ3v) is 5.30. The van der Waals surface area contributed by atoms with Crippen molar-refractivity contribution in [2.45, 2.75) is 13.1 Å². The van der Waals surface area contributed by atoms with E-state index in [9.17, 15) is 14.4 Å². The fourth-order valence-corrected chi connectivity index (χ4v) is 3.83. The molecular weight excluding hydrogens is 402 g/mol. The number of fused-ring (bicyclic) bond motifs is 1. The second-order valence-corrected chi connectivity index (χ2v) is 7.38. The molecule has 0 aliphatic rings. The van der Waals surface area contributed by atoms with Gasteiger partial charge in [-0.05, 0) is 47.8 Å². The summed E-state index contributed by atoms with van der Waals surface area (Å²) in [6.45, 7) is -0.232.